The second kappa shape index (κ2) is 3.80. The number of nitrogens with two attached hydrogens (primary N) is 1. The molecule has 14 heavy (non-hydrogen) atoms. The molecule has 2 aliphatic heterocycles. The molecule has 2 heterocycles. The summed E-state index contributed by atoms with van der Waals surface area (Å²) < 4.78 is 5.38. The molecule has 2 fully saturated rings. The van der Waals surface area contributed by atoms with Crippen LogP contribution in [0.1, 0.15) is 20.3 Å². The van der Waals surface area contributed by atoms with E-state index in [1.165, 1.54) is 19.5 Å². The van der Waals surface area contributed by atoms with Gasteiger partial charge in [0, 0.05) is 31.1 Å². The Morgan fingerprint density at radius 3 is 2.50 bits per heavy atom. The van der Waals surface area contributed by atoms with Crippen molar-refractivity contribution in [3.8, 4) is 0 Å². The summed E-state index contributed by atoms with van der Waals surface area (Å²) in [6, 6.07) is 0.645. The summed E-state index contributed by atoms with van der Waals surface area (Å²) in [6.07, 6.45) is 1.28. The van der Waals surface area contributed by atoms with Crippen LogP contribution in [0.2, 0.25) is 0 Å². The average molecular weight is 198 g/mol. The minimum atomic E-state index is 0.424. The molecule has 0 aromatic heterocycles. The maximum Gasteiger partial charge on any atom is 0.0559 e. The van der Waals surface area contributed by atoms with E-state index in [0.717, 1.165) is 25.7 Å². The monoisotopic (exact) mass is 198 g/mol. The second-order valence-corrected chi connectivity index (χ2v) is 5.16. The molecular weight excluding hydrogens is 176 g/mol. The molecule has 0 bridgehead atoms. The van der Waals surface area contributed by atoms with Crippen LogP contribution < -0.4 is 5.73 Å². The molecule has 3 nitrogen and oxygen atoms in total. The number of nitrogens with zero attached hydrogens (tertiary/aromatic N) is 1. The summed E-state index contributed by atoms with van der Waals surface area (Å²) in [4.78, 5) is 2.53. The molecular formula is C11H22N2O. The molecule has 1 unspecified atom stereocenters. The Kier molecular flexibility index (Phi) is 2.82. The molecule has 82 valence electrons. The standard InChI is InChI=1S/C11H22N2O/c1-9(2)11(7-14-8-11)6-13-4-3-10(13)5-12/h9-10H,3-8,12H2,1-2H3. The fourth-order valence-corrected chi connectivity index (χ4v) is 2.35. The lowest BCUT2D eigenvalue weighted by atomic mass is 9.74. The van der Waals surface area contributed by atoms with Crippen molar-refractivity contribution in [3.05, 3.63) is 0 Å². The molecule has 1 atom stereocenters. The van der Waals surface area contributed by atoms with Gasteiger partial charge in [0.05, 0.1) is 13.2 Å². The van der Waals surface area contributed by atoms with Crippen molar-refractivity contribution < 1.29 is 4.74 Å². The van der Waals surface area contributed by atoms with Crippen LogP contribution in [-0.4, -0.2) is 43.8 Å². The highest BCUT2D eigenvalue weighted by atomic mass is 16.5. The molecule has 3 heteroatoms. The fraction of sp³-hybridized carbons (Fsp3) is 1.00. The molecule has 0 radical (unpaired) electrons. The van der Waals surface area contributed by atoms with Gasteiger partial charge in [-0.2, -0.15) is 0 Å². The van der Waals surface area contributed by atoms with Gasteiger partial charge in [-0.3, -0.25) is 4.90 Å². The van der Waals surface area contributed by atoms with Gasteiger partial charge in [-0.1, -0.05) is 13.8 Å². The highest BCUT2D eigenvalue weighted by molar-refractivity contribution is 4.95. The Hall–Kier alpha value is -0.120. The third-order valence-corrected chi connectivity index (χ3v) is 4.06. The predicted molar refractivity (Wildman–Crippen MR) is 57.1 cm³/mol. The van der Waals surface area contributed by atoms with Crippen LogP contribution in [0.25, 0.3) is 0 Å². The Morgan fingerprint density at radius 2 is 2.21 bits per heavy atom. The molecule has 0 spiro atoms. The summed E-state index contributed by atoms with van der Waals surface area (Å²) in [5.74, 6) is 0.718. The van der Waals surface area contributed by atoms with Crippen LogP contribution in [-0.2, 0) is 4.74 Å². The van der Waals surface area contributed by atoms with E-state index in [4.69, 9.17) is 10.5 Å². The molecule has 0 saturated carbocycles. The van der Waals surface area contributed by atoms with Crippen LogP contribution in [0.3, 0.4) is 0 Å². The third-order valence-electron chi connectivity index (χ3n) is 4.06. The minimum absolute atomic E-state index is 0.424. The van der Waals surface area contributed by atoms with Gasteiger partial charge < -0.3 is 10.5 Å². The SMILES string of the molecule is CC(C)C1(CN2CCC2CN)COC1. The van der Waals surface area contributed by atoms with Gasteiger partial charge in [-0.05, 0) is 12.3 Å². The van der Waals surface area contributed by atoms with Gasteiger partial charge >= 0.3 is 0 Å². The van der Waals surface area contributed by atoms with Crippen molar-refractivity contribution in [2.24, 2.45) is 17.1 Å². The van der Waals surface area contributed by atoms with Crippen LogP contribution in [0.4, 0.5) is 0 Å². The normalized spacial score (nSPS) is 31.3. The number of ether oxygens (including phenoxy) is 1. The Labute approximate surface area is 86.6 Å². The van der Waals surface area contributed by atoms with Crippen molar-refractivity contribution in [1.29, 1.82) is 0 Å². The summed E-state index contributed by atoms with van der Waals surface area (Å²) in [5.41, 5.74) is 6.13. The Morgan fingerprint density at radius 1 is 1.50 bits per heavy atom. The molecule has 2 saturated heterocycles. The first-order chi connectivity index (χ1) is 6.68. The van der Waals surface area contributed by atoms with E-state index in [-0.39, 0.29) is 0 Å². The first-order valence-electron chi connectivity index (χ1n) is 5.70. The minimum Gasteiger partial charge on any atom is -0.380 e. The second-order valence-electron chi connectivity index (χ2n) is 5.16. The van der Waals surface area contributed by atoms with E-state index < -0.39 is 0 Å². The lowest BCUT2D eigenvalue weighted by Gasteiger charge is -2.52. The van der Waals surface area contributed by atoms with E-state index in [9.17, 15) is 0 Å². The predicted octanol–water partition coefficient (Wildman–Crippen LogP) is 0.692. The highest BCUT2D eigenvalue weighted by Gasteiger charge is 2.45. The summed E-state index contributed by atoms with van der Waals surface area (Å²) in [6.45, 7) is 9.73. The Balaban J connectivity index is 1.89. The maximum absolute atomic E-state index is 5.71. The van der Waals surface area contributed by atoms with Gasteiger partial charge in [0.15, 0.2) is 0 Å². The van der Waals surface area contributed by atoms with E-state index in [0.29, 0.717) is 11.5 Å². The number of hydrogen-bond acceptors (Lipinski definition) is 3. The molecule has 2 rings (SSSR count). The number of likely N-dealkylation sites (tertiary alicyclic amines) is 1. The van der Waals surface area contributed by atoms with Crippen LogP contribution in [0, 0.1) is 11.3 Å². The third kappa shape index (κ3) is 1.58. The van der Waals surface area contributed by atoms with Gasteiger partial charge in [-0.15, -0.1) is 0 Å². The topological polar surface area (TPSA) is 38.5 Å². The fourth-order valence-electron chi connectivity index (χ4n) is 2.35. The summed E-state index contributed by atoms with van der Waals surface area (Å²) in [5, 5.41) is 0. The smallest absolute Gasteiger partial charge is 0.0559 e. The van der Waals surface area contributed by atoms with E-state index >= 15 is 0 Å². The average Bonchev–Trinajstić information content (AvgIpc) is 2.00. The quantitative estimate of drug-likeness (QED) is 0.722. The van der Waals surface area contributed by atoms with E-state index in [2.05, 4.69) is 18.7 Å². The lowest BCUT2D eigenvalue weighted by Crippen LogP contribution is -2.61. The molecule has 0 aliphatic carbocycles. The van der Waals surface area contributed by atoms with E-state index in [1.54, 1.807) is 0 Å². The Bertz CT molecular complexity index is 199. The number of hydrogen-bond donors (Lipinski definition) is 1. The molecule has 2 aliphatic rings. The van der Waals surface area contributed by atoms with E-state index in [1.807, 2.05) is 0 Å². The van der Waals surface area contributed by atoms with Gasteiger partial charge in [0.1, 0.15) is 0 Å². The maximum atomic E-state index is 5.71. The van der Waals surface area contributed by atoms with Crippen molar-refractivity contribution in [3.63, 3.8) is 0 Å². The van der Waals surface area contributed by atoms with Crippen LogP contribution in [0.15, 0.2) is 0 Å². The van der Waals surface area contributed by atoms with Crippen molar-refractivity contribution in [2.75, 3.05) is 32.8 Å². The molecule has 0 amide bonds. The van der Waals surface area contributed by atoms with Crippen molar-refractivity contribution >= 4 is 0 Å². The van der Waals surface area contributed by atoms with Crippen LogP contribution >= 0.6 is 0 Å². The highest BCUT2D eigenvalue weighted by Crippen LogP contribution is 2.38. The first kappa shape index (κ1) is 10.4. The lowest BCUT2D eigenvalue weighted by molar-refractivity contribution is -0.161. The summed E-state index contributed by atoms with van der Waals surface area (Å²) in [7, 11) is 0. The first-order valence-corrected chi connectivity index (χ1v) is 5.70. The molecule has 0 aromatic carbocycles. The van der Waals surface area contributed by atoms with Crippen molar-refractivity contribution in [2.45, 2.75) is 26.3 Å². The summed E-state index contributed by atoms with van der Waals surface area (Å²) >= 11 is 0. The van der Waals surface area contributed by atoms with Gasteiger partial charge in [0.25, 0.3) is 0 Å². The molecule has 0 aromatic rings. The number of rotatable bonds is 4. The van der Waals surface area contributed by atoms with Gasteiger partial charge in [0.2, 0.25) is 0 Å². The zero-order valence-electron chi connectivity index (χ0n) is 9.33. The van der Waals surface area contributed by atoms with Gasteiger partial charge in [-0.25, -0.2) is 0 Å². The zero-order chi connectivity index (χ0) is 10.2. The molecule has 2 N–H and O–H groups in total. The largest absolute Gasteiger partial charge is 0.380 e. The van der Waals surface area contributed by atoms with Crippen LogP contribution in [0.5, 0.6) is 0 Å². The zero-order valence-corrected chi connectivity index (χ0v) is 9.33. The van der Waals surface area contributed by atoms with Crippen molar-refractivity contribution in [1.82, 2.24) is 4.90 Å².